The molecule has 2 heterocycles. The Morgan fingerprint density at radius 3 is 2.54 bits per heavy atom. The summed E-state index contributed by atoms with van der Waals surface area (Å²) in [4.78, 5) is 23.6. The minimum atomic E-state index is -3.68. The van der Waals surface area contributed by atoms with E-state index < -0.39 is 20.5 Å². The van der Waals surface area contributed by atoms with Crippen LogP contribution in [0, 0.1) is 25.1 Å². The molecule has 0 spiro atoms. The van der Waals surface area contributed by atoms with E-state index in [9.17, 15) is 17.6 Å². The molecule has 0 saturated heterocycles. The van der Waals surface area contributed by atoms with Gasteiger partial charge in [0.05, 0.1) is 33.3 Å². The maximum Gasteiger partial charge on any atom is 0.191 e. The molecule has 198 valence electrons. The van der Waals surface area contributed by atoms with E-state index in [0.717, 1.165) is 28.1 Å². The van der Waals surface area contributed by atoms with E-state index >= 15 is 0 Å². The van der Waals surface area contributed by atoms with E-state index in [2.05, 4.69) is 9.97 Å². The summed E-state index contributed by atoms with van der Waals surface area (Å²) in [7, 11) is -3.68. The van der Waals surface area contributed by atoms with E-state index in [4.69, 9.17) is 0 Å². The number of rotatable bonds is 5. The average molecular weight is 542 g/mol. The normalized spacial score (nSPS) is 20.6. The molecule has 8 heteroatoms. The number of carbonyl (C=O) groups excluding carboxylic acids is 1. The molecule has 0 bridgehead atoms. The Hall–Kier alpha value is -3.91. The molecule has 6 rings (SSSR count). The standard InChI is InChI=1S/C31H28FN3O3S/c1-20-4-3-5-25(14-20)39(37,38)26-11-6-22-16-29-28(34-19-35(29)24-9-7-23(32)8-10-24)18-31(22,17-26)30(36)27-15-21(2)12-13-33-27/h3-5,7-10,12-16,19,26H,6,11,17-18H2,1-2H3/t26-,31+/m0/s1. The van der Waals surface area contributed by atoms with Crippen molar-refractivity contribution in [2.24, 2.45) is 5.41 Å². The van der Waals surface area contributed by atoms with Crippen molar-refractivity contribution in [3.05, 3.63) is 113 Å². The van der Waals surface area contributed by atoms with Crippen LogP contribution in [0.15, 0.2) is 83.7 Å². The summed E-state index contributed by atoms with van der Waals surface area (Å²) in [6.45, 7) is 3.78. The molecule has 0 radical (unpaired) electrons. The average Bonchev–Trinajstić information content (AvgIpc) is 3.33. The third kappa shape index (κ3) is 4.33. The van der Waals surface area contributed by atoms with Gasteiger partial charge in [-0.15, -0.1) is 0 Å². The number of hydrogen-bond acceptors (Lipinski definition) is 5. The van der Waals surface area contributed by atoms with Gasteiger partial charge in [0.2, 0.25) is 0 Å². The van der Waals surface area contributed by atoms with Crippen LogP contribution in [0.2, 0.25) is 0 Å². The van der Waals surface area contributed by atoms with Gasteiger partial charge in [0, 0.05) is 18.3 Å². The van der Waals surface area contributed by atoms with Crippen LogP contribution in [0.5, 0.6) is 0 Å². The molecular formula is C31H28FN3O3S. The molecule has 1 saturated carbocycles. The highest BCUT2D eigenvalue weighted by molar-refractivity contribution is 7.92. The fourth-order valence-electron chi connectivity index (χ4n) is 5.99. The largest absolute Gasteiger partial charge is 0.299 e. The monoisotopic (exact) mass is 541 g/mol. The molecule has 0 N–H and O–H groups in total. The zero-order chi connectivity index (χ0) is 27.4. The third-order valence-electron chi connectivity index (χ3n) is 8.04. The predicted octanol–water partition coefficient (Wildman–Crippen LogP) is 5.86. The van der Waals surface area contributed by atoms with Gasteiger partial charge in [0.25, 0.3) is 0 Å². The van der Waals surface area contributed by atoms with E-state index in [0.29, 0.717) is 24.2 Å². The molecule has 6 nitrogen and oxygen atoms in total. The lowest BCUT2D eigenvalue weighted by atomic mass is 9.62. The number of sulfone groups is 1. The van der Waals surface area contributed by atoms with E-state index in [1.807, 2.05) is 36.6 Å². The minimum absolute atomic E-state index is 0.159. The number of Topliss-reactive ketones (excluding diaryl/α,β-unsaturated/α-hetero) is 1. The molecule has 2 aliphatic carbocycles. The summed E-state index contributed by atoms with van der Waals surface area (Å²) in [5, 5.41) is -0.717. The lowest BCUT2D eigenvalue weighted by Gasteiger charge is -2.43. The quantitative estimate of drug-likeness (QED) is 0.296. The van der Waals surface area contributed by atoms with Crippen molar-refractivity contribution >= 4 is 21.7 Å². The number of aryl methyl sites for hydroxylation is 2. The molecule has 2 aliphatic rings. The fourth-order valence-corrected chi connectivity index (χ4v) is 7.93. The van der Waals surface area contributed by atoms with E-state index in [1.165, 1.54) is 12.1 Å². The summed E-state index contributed by atoms with van der Waals surface area (Å²) < 4.78 is 43.1. The summed E-state index contributed by atoms with van der Waals surface area (Å²) in [5.41, 5.74) is 4.23. The summed E-state index contributed by atoms with van der Waals surface area (Å²) >= 11 is 0. The van der Waals surface area contributed by atoms with Crippen molar-refractivity contribution in [1.82, 2.24) is 14.5 Å². The zero-order valence-corrected chi connectivity index (χ0v) is 22.6. The number of pyridine rings is 1. The highest BCUT2D eigenvalue weighted by Crippen LogP contribution is 2.51. The number of allylic oxidation sites excluding steroid dienone is 1. The number of halogens is 1. The Bertz CT molecular complexity index is 1740. The maximum absolute atomic E-state index is 14.3. The first-order chi connectivity index (χ1) is 18.7. The number of nitrogens with zero attached hydrogens (tertiary/aromatic N) is 3. The highest BCUT2D eigenvalue weighted by atomic mass is 32.2. The zero-order valence-electron chi connectivity index (χ0n) is 21.8. The summed E-state index contributed by atoms with van der Waals surface area (Å²) in [6.07, 6.45) is 6.58. The van der Waals surface area contributed by atoms with Crippen molar-refractivity contribution in [2.45, 2.75) is 49.7 Å². The first-order valence-electron chi connectivity index (χ1n) is 13.0. The van der Waals surface area contributed by atoms with Crippen molar-refractivity contribution in [2.75, 3.05) is 0 Å². The second-order valence-electron chi connectivity index (χ2n) is 10.6. The van der Waals surface area contributed by atoms with Crippen LogP contribution in [-0.2, 0) is 16.3 Å². The molecule has 2 aromatic carbocycles. The van der Waals surface area contributed by atoms with E-state index in [1.54, 1.807) is 48.9 Å². The number of fused-ring (bicyclic) bond motifs is 2. The van der Waals surface area contributed by atoms with Gasteiger partial charge in [-0.1, -0.05) is 17.7 Å². The van der Waals surface area contributed by atoms with Crippen molar-refractivity contribution < 1.29 is 17.6 Å². The molecule has 2 aromatic heterocycles. The van der Waals surface area contributed by atoms with Crippen LogP contribution in [0.3, 0.4) is 0 Å². The topological polar surface area (TPSA) is 81.9 Å². The van der Waals surface area contributed by atoms with E-state index in [-0.39, 0.29) is 29.3 Å². The number of imidazole rings is 1. The number of aromatic nitrogens is 3. The summed E-state index contributed by atoms with van der Waals surface area (Å²) in [5.74, 6) is -0.502. The van der Waals surface area contributed by atoms with Gasteiger partial charge in [-0.3, -0.25) is 14.3 Å². The van der Waals surface area contributed by atoms with Gasteiger partial charge in [0.15, 0.2) is 15.6 Å². The predicted molar refractivity (Wildman–Crippen MR) is 147 cm³/mol. The van der Waals surface area contributed by atoms with Gasteiger partial charge >= 0.3 is 0 Å². The van der Waals surface area contributed by atoms with Crippen LogP contribution >= 0.6 is 0 Å². The molecule has 2 atom stereocenters. The minimum Gasteiger partial charge on any atom is -0.299 e. The Labute approximate surface area is 227 Å². The van der Waals surface area contributed by atoms with Crippen LogP contribution in [0.4, 0.5) is 4.39 Å². The molecule has 1 fully saturated rings. The van der Waals surface area contributed by atoms with Crippen LogP contribution < -0.4 is 0 Å². The molecule has 4 aromatic rings. The number of carbonyl (C=O) groups is 1. The molecule has 39 heavy (non-hydrogen) atoms. The Balaban J connectivity index is 1.46. The van der Waals surface area contributed by atoms with Crippen LogP contribution in [0.25, 0.3) is 11.8 Å². The van der Waals surface area contributed by atoms with Gasteiger partial charge in [-0.25, -0.2) is 17.8 Å². The Morgan fingerprint density at radius 2 is 1.79 bits per heavy atom. The van der Waals surface area contributed by atoms with Gasteiger partial charge in [-0.2, -0.15) is 0 Å². The molecule has 0 amide bonds. The van der Waals surface area contributed by atoms with Gasteiger partial charge in [-0.05, 0) is 98.8 Å². The maximum atomic E-state index is 14.3. The lowest BCUT2D eigenvalue weighted by molar-refractivity contribution is 0.0795. The number of ketones is 1. The van der Waals surface area contributed by atoms with Crippen molar-refractivity contribution in [3.63, 3.8) is 0 Å². The van der Waals surface area contributed by atoms with Crippen molar-refractivity contribution in [1.29, 1.82) is 0 Å². The summed E-state index contributed by atoms with van der Waals surface area (Å²) in [6, 6.07) is 16.7. The first-order valence-corrected chi connectivity index (χ1v) is 14.5. The second-order valence-corrected chi connectivity index (χ2v) is 12.9. The molecule has 0 unspecified atom stereocenters. The van der Waals surface area contributed by atoms with Crippen LogP contribution in [-0.4, -0.2) is 34.0 Å². The fraction of sp³-hybridized carbons (Fsp3) is 0.258. The second kappa shape index (κ2) is 9.38. The van der Waals surface area contributed by atoms with Gasteiger partial charge in [0.1, 0.15) is 11.5 Å². The molecular weight excluding hydrogens is 513 g/mol. The SMILES string of the molecule is Cc1cccc(S(=O)(=O)[C@H]2CCC3=Cc4c(ncn4-c4ccc(F)cc4)C[C@]3(C(=O)c3cc(C)ccn3)C2)c1. The smallest absolute Gasteiger partial charge is 0.191 e. The van der Waals surface area contributed by atoms with Crippen LogP contribution in [0.1, 0.15) is 52.3 Å². The Morgan fingerprint density at radius 1 is 1.03 bits per heavy atom. The Kier molecular flexibility index (Phi) is 6.10. The lowest BCUT2D eigenvalue weighted by Crippen LogP contribution is -2.46. The van der Waals surface area contributed by atoms with Crippen molar-refractivity contribution in [3.8, 4) is 5.69 Å². The number of hydrogen-bond donors (Lipinski definition) is 0. The third-order valence-corrected chi connectivity index (χ3v) is 10.2. The number of benzene rings is 2. The highest BCUT2D eigenvalue weighted by Gasteiger charge is 2.52. The van der Waals surface area contributed by atoms with Gasteiger partial charge < -0.3 is 0 Å². The molecule has 0 aliphatic heterocycles. The first kappa shape index (κ1) is 25.4.